The van der Waals surface area contributed by atoms with Gasteiger partial charge in [-0.3, -0.25) is 14.2 Å². The monoisotopic (exact) mass is 384 g/mol. The van der Waals surface area contributed by atoms with E-state index in [-0.39, 0.29) is 23.3 Å². The molecule has 6 nitrogen and oxygen atoms in total. The fourth-order valence-corrected chi connectivity index (χ4v) is 4.47. The van der Waals surface area contributed by atoms with Crippen molar-refractivity contribution < 1.29 is 4.79 Å². The third-order valence-electron chi connectivity index (χ3n) is 5.02. The second kappa shape index (κ2) is 9.05. The molecule has 1 aliphatic carbocycles. The Morgan fingerprint density at radius 1 is 1.33 bits per heavy atom. The molecule has 2 aromatic rings. The quantitative estimate of drug-likeness (QED) is 0.564. The Hall–Kier alpha value is -2.33. The molecule has 0 radical (unpaired) electrons. The van der Waals surface area contributed by atoms with Crippen LogP contribution in [-0.4, -0.2) is 39.7 Å². The maximum absolute atomic E-state index is 13.1. The smallest absolute Gasteiger partial charge is 0.262 e. The maximum atomic E-state index is 13.1. The Bertz CT molecular complexity index is 912. The number of hydrogen-bond acceptors (Lipinski definition) is 5. The third kappa shape index (κ3) is 4.51. The molecule has 1 aliphatic rings. The van der Waals surface area contributed by atoms with Crippen molar-refractivity contribution in [2.75, 3.05) is 19.3 Å². The molecule has 3 rings (SSSR count). The third-order valence-corrected chi connectivity index (χ3v) is 5.96. The molecule has 0 bridgehead atoms. The molecule has 1 fully saturated rings. The number of nitrogens with zero attached hydrogens (tertiary/aromatic N) is 4. The number of thioether (sulfide) groups is 1. The van der Waals surface area contributed by atoms with Crippen LogP contribution in [0.5, 0.6) is 0 Å². The Balaban J connectivity index is 1.89. The predicted octanol–water partition coefficient (Wildman–Crippen LogP) is 3.37. The summed E-state index contributed by atoms with van der Waals surface area (Å²) in [6.45, 7) is 0.413. The fourth-order valence-electron chi connectivity index (χ4n) is 3.47. The molecular weight excluding hydrogens is 360 g/mol. The molecule has 142 valence electrons. The molecule has 1 saturated carbocycles. The number of benzene rings is 1. The van der Waals surface area contributed by atoms with E-state index in [1.54, 1.807) is 11.9 Å². The molecule has 0 N–H and O–H groups in total. The van der Waals surface area contributed by atoms with Crippen molar-refractivity contribution in [3.8, 4) is 6.07 Å². The van der Waals surface area contributed by atoms with E-state index < -0.39 is 0 Å². The summed E-state index contributed by atoms with van der Waals surface area (Å²) in [6.07, 6.45) is 5.70. The lowest BCUT2D eigenvalue weighted by molar-refractivity contribution is -0.127. The van der Waals surface area contributed by atoms with Crippen LogP contribution in [0.15, 0.2) is 34.2 Å². The Morgan fingerprint density at radius 2 is 2.07 bits per heavy atom. The van der Waals surface area contributed by atoms with Gasteiger partial charge in [-0.05, 0) is 25.0 Å². The molecule has 1 aromatic heterocycles. The van der Waals surface area contributed by atoms with Crippen LogP contribution in [0.4, 0.5) is 0 Å². The average Bonchev–Trinajstić information content (AvgIpc) is 2.71. The topological polar surface area (TPSA) is 79.0 Å². The lowest BCUT2D eigenvalue weighted by Gasteiger charge is -2.26. The van der Waals surface area contributed by atoms with Crippen LogP contribution in [0.25, 0.3) is 10.9 Å². The minimum Gasteiger partial charge on any atom is -0.344 e. The minimum atomic E-state index is -0.0622. The van der Waals surface area contributed by atoms with Gasteiger partial charge in [-0.1, -0.05) is 43.2 Å². The summed E-state index contributed by atoms with van der Waals surface area (Å²) in [5.41, 5.74) is 0.655. The van der Waals surface area contributed by atoms with E-state index in [1.807, 2.05) is 34.9 Å². The molecule has 1 amide bonds. The lowest BCUT2D eigenvalue weighted by atomic mass is 9.95. The summed E-state index contributed by atoms with van der Waals surface area (Å²) < 4.78 is 1.81. The van der Waals surface area contributed by atoms with Gasteiger partial charge in [0.05, 0.1) is 29.1 Å². The van der Waals surface area contributed by atoms with Crippen LogP contribution in [-0.2, 0) is 4.79 Å². The number of carbonyl (C=O) groups excluding carboxylic acids is 1. The number of carbonyl (C=O) groups is 1. The number of rotatable bonds is 6. The Morgan fingerprint density at radius 3 is 2.81 bits per heavy atom. The predicted molar refractivity (Wildman–Crippen MR) is 107 cm³/mol. The standard InChI is InChI=1S/C20H24N4O2S/c1-23(13-7-12-21)18(25)14-27-20-22-17-11-6-5-10-16(17)19(26)24(20)15-8-3-2-4-9-15/h5-6,10-11,15H,2-4,7-9,13-14H2,1H3. The molecule has 0 aliphatic heterocycles. The van der Waals surface area contributed by atoms with Crippen molar-refractivity contribution in [2.24, 2.45) is 0 Å². The zero-order valence-corrected chi connectivity index (χ0v) is 16.4. The van der Waals surface area contributed by atoms with E-state index in [9.17, 15) is 9.59 Å². The Labute approximate surface area is 163 Å². The lowest BCUT2D eigenvalue weighted by Crippen LogP contribution is -2.31. The van der Waals surface area contributed by atoms with Crippen LogP contribution in [0.1, 0.15) is 44.6 Å². The highest BCUT2D eigenvalue weighted by atomic mass is 32.2. The molecule has 7 heteroatoms. The first kappa shape index (κ1) is 19.4. The van der Waals surface area contributed by atoms with Gasteiger partial charge in [0.15, 0.2) is 5.16 Å². The highest BCUT2D eigenvalue weighted by Crippen LogP contribution is 2.31. The number of para-hydroxylation sites is 1. The molecule has 0 spiro atoms. The van der Waals surface area contributed by atoms with Gasteiger partial charge < -0.3 is 4.90 Å². The van der Waals surface area contributed by atoms with Gasteiger partial charge in [0.1, 0.15) is 0 Å². The van der Waals surface area contributed by atoms with Gasteiger partial charge in [0, 0.05) is 19.6 Å². The summed E-state index contributed by atoms with van der Waals surface area (Å²) in [7, 11) is 1.70. The van der Waals surface area contributed by atoms with Crippen molar-refractivity contribution in [1.29, 1.82) is 5.26 Å². The van der Waals surface area contributed by atoms with Crippen molar-refractivity contribution in [2.45, 2.75) is 49.7 Å². The van der Waals surface area contributed by atoms with Crippen molar-refractivity contribution >= 4 is 28.6 Å². The number of nitriles is 1. The zero-order chi connectivity index (χ0) is 19.2. The number of aromatic nitrogens is 2. The number of fused-ring (bicyclic) bond motifs is 1. The summed E-state index contributed by atoms with van der Waals surface area (Å²) in [4.78, 5) is 31.7. The van der Waals surface area contributed by atoms with Gasteiger partial charge in [-0.15, -0.1) is 0 Å². The van der Waals surface area contributed by atoms with Crippen LogP contribution >= 0.6 is 11.8 Å². The first-order valence-corrected chi connectivity index (χ1v) is 10.4. The maximum Gasteiger partial charge on any atom is 0.262 e. The van der Waals surface area contributed by atoms with E-state index >= 15 is 0 Å². The first-order valence-electron chi connectivity index (χ1n) is 9.37. The zero-order valence-electron chi connectivity index (χ0n) is 15.6. The Kier molecular flexibility index (Phi) is 6.51. The van der Waals surface area contributed by atoms with Crippen LogP contribution in [0.2, 0.25) is 0 Å². The van der Waals surface area contributed by atoms with E-state index in [4.69, 9.17) is 10.2 Å². The fraction of sp³-hybridized carbons (Fsp3) is 0.500. The van der Waals surface area contributed by atoms with E-state index in [0.29, 0.717) is 29.0 Å². The van der Waals surface area contributed by atoms with Crippen LogP contribution < -0.4 is 5.56 Å². The van der Waals surface area contributed by atoms with Crippen LogP contribution in [0.3, 0.4) is 0 Å². The molecular formula is C20H24N4O2S. The van der Waals surface area contributed by atoms with Crippen molar-refractivity contribution in [3.05, 3.63) is 34.6 Å². The average molecular weight is 385 g/mol. The first-order chi connectivity index (χ1) is 13.1. The number of amides is 1. The SMILES string of the molecule is CN(CCC#N)C(=O)CSc1nc2ccccc2c(=O)n1C1CCCCC1. The highest BCUT2D eigenvalue weighted by Gasteiger charge is 2.22. The summed E-state index contributed by atoms with van der Waals surface area (Å²) in [6, 6.07) is 9.59. The largest absolute Gasteiger partial charge is 0.344 e. The van der Waals surface area contributed by atoms with Gasteiger partial charge >= 0.3 is 0 Å². The van der Waals surface area contributed by atoms with Crippen molar-refractivity contribution in [1.82, 2.24) is 14.5 Å². The molecule has 0 saturated heterocycles. The summed E-state index contributed by atoms with van der Waals surface area (Å²) >= 11 is 1.32. The van der Waals surface area contributed by atoms with Gasteiger partial charge in [0.2, 0.25) is 5.91 Å². The van der Waals surface area contributed by atoms with E-state index in [1.165, 1.54) is 18.2 Å². The number of hydrogen-bond donors (Lipinski definition) is 0. The molecule has 27 heavy (non-hydrogen) atoms. The molecule has 1 aromatic carbocycles. The second-order valence-corrected chi connectivity index (χ2v) is 7.83. The normalized spacial score (nSPS) is 14.8. The van der Waals surface area contributed by atoms with Crippen LogP contribution in [0, 0.1) is 11.3 Å². The second-order valence-electron chi connectivity index (χ2n) is 6.89. The molecule has 1 heterocycles. The minimum absolute atomic E-state index is 0.0136. The van der Waals surface area contributed by atoms with E-state index in [2.05, 4.69) is 0 Å². The molecule has 0 unspecified atom stereocenters. The van der Waals surface area contributed by atoms with Gasteiger partial charge in [-0.2, -0.15) is 5.26 Å². The van der Waals surface area contributed by atoms with Crippen molar-refractivity contribution in [3.63, 3.8) is 0 Å². The summed E-state index contributed by atoms with van der Waals surface area (Å²) in [5, 5.41) is 9.92. The summed E-state index contributed by atoms with van der Waals surface area (Å²) in [5.74, 6) is 0.146. The van der Waals surface area contributed by atoms with Gasteiger partial charge in [-0.25, -0.2) is 4.98 Å². The molecule has 0 atom stereocenters. The van der Waals surface area contributed by atoms with E-state index in [0.717, 1.165) is 25.7 Å². The highest BCUT2D eigenvalue weighted by molar-refractivity contribution is 7.99. The van der Waals surface area contributed by atoms with Gasteiger partial charge in [0.25, 0.3) is 5.56 Å².